The lowest BCUT2D eigenvalue weighted by molar-refractivity contribution is -0.140. The lowest BCUT2D eigenvalue weighted by atomic mass is 10.1. The molecule has 2 rings (SSSR count). The lowest BCUT2D eigenvalue weighted by Gasteiger charge is -2.12. The van der Waals surface area contributed by atoms with E-state index in [0.717, 1.165) is 6.07 Å². The maximum absolute atomic E-state index is 13.5. The number of nitrogen functional groups attached to an aromatic ring is 1. The zero-order valence-electron chi connectivity index (χ0n) is 8.65. The number of rotatable bonds is 1. The van der Waals surface area contributed by atoms with Crippen molar-refractivity contribution in [3.63, 3.8) is 0 Å². The number of hydrogen-bond donors (Lipinski definition) is 2. The van der Waals surface area contributed by atoms with Crippen LogP contribution in [0.2, 0.25) is 5.02 Å². The maximum Gasteiger partial charge on any atom is 0.433 e. The molecule has 18 heavy (non-hydrogen) atoms. The molecule has 3 nitrogen and oxygen atoms in total. The topological polar surface area (TPSA) is 50.9 Å². The molecule has 3 N–H and O–H groups in total. The minimum Gasteiger partial charge on any atom is -0.323 e. The molecule has 1 aromatic heterocycles. The Hall–Kier alpha value is -1.60. The summed E-state index contributed by atoms with van der Waals surface area (Å²) < 4.78 is 51.2. The summed E-state index contributed by atoms with van der Waals surface area (Å²) in [6, 6.07) is 2.83. The Kier molecular flexibility index (Phi) is 3.04. The molecule has 1 heterocycles. The highest BCUT2D eigenvalue weighted by atomic mass is 35.5. The Labute approximate surface area is 104 Å². The number of fused-ring (bicyclic) bond motifs is 1. The minimum absolute atomic E-state index is 0.00664. The minimum atomic E-state index is -4.70. The average Bonchev–Trinajstić information content (AvgIpc) is 2.31. The van der Waals surface area contributed by atoms with Gasteiger partial charge in [-0.2, -0.15) is 13.2 Å². The van der Waals surface area contributed by atoms with Crippen molar-refractivity contribution in [3.8, 4) is 0 Å². The number of alkyl halides is 3. The first-order chi connectivity index (χ1) is 8.34. The van der Waals surface area contributed by atoms with E-state index < -0.39 is 23.2 Å². The summed E-state index contributed by atoms with van der Waals surface area (Å²) in [5.74, 6) is 4.22. The molecule has 0 atom stereocenters. The quantitative estimate of drug-likeness (QED) is 0.478. The fraction of sp³-hybridized carbons (Fsp3) is 0.100. The van der Waals surface area contributed by atoms with E-state index in [4.69, 9.17) is 17.4 Å². The molecule has 0 bridgehead atoms. The summed E-state index contributed by atoms with van der Waals surface area (Å²) in [4.78, 5) is 3.24. The van der Waals surface area contributed by atoms with Crippen LogP contribution >= 0.6 is 11.6 Å². The van der Waals surface area contributed by atoms with Crippen molar-refractivity contribution >= 4 is 28.2 Å². The van der Waals surface area contributed by atoms with Crippen LogP contribution in [-0.2, 0) is 6.18 Å². The van der Waals surface area contributed by atoms with Crippen LogP contribution in [0.4, 0.5) is 23.2 Å². The third-order valence-corrected chi connectivity index (χ3v) is 2.62. The summed E-state index contributed by atoms with van der Waals surface area (Å²) in [6.45, 7) is 0. The number of pyridine rings is 1. The zero-order valence-corrected chi connectivity index (χ0v) is 9.40. The smallest absolute Gasteiger partial charge is 0.323 e. The van der Waals surface area contributed by atoms with E-state index in [1.54, 1.807) is 0 Å². The molecule has 0 amide bonds. The fourth-order valence-electron chi connectivity index (χ4n) is 1.53. The Balaban J connectivity index is 2.88. The van der Waals surface area contributed by atoms with E-state index in [1.165, 1.54) is 6.07 Å². The number of halogens is 5. The molecule has 0 saturated heterocycles. The van der Waals surface area contributed by atoms with Crippen LogP contribution in [0.5, 0.6) is 0 Å². The van der Waals surface area contributed by atoms with Gasteiger partial charge in [-0.3, -0.25) is 5.84 Å². The third-order valence-electron chi connectivity index (χ3n) is 2.31. The van der Waals surface area contributed by atoms with Crippen LogP contribution in [0.25, 0.3) is 10.9 Å². The summed E-state index contributed by atoms with van der Waals surface area (Å²) in [5, 5.41) is 0.0627. The number of nitrogens with zero attached hydrogens (tertiary/aromatic N) is 1. The van der Waals surface area contributed by atoms with Crippen molar-refractivity contribution in [3.05, 3.63) is 34.7 Å². The van der Waals surface area contributed by atoms with Crippen LogP contribution in [0.15, 0.2) is 18.2 Å². The summed E-state index contributed by atoms with van der Waals surface area (Å²) in [5.41, 5.74) is 0.190. The second-order valence-electron chi connectivity index (χ2n) is 3.45. The number of nitrogens with one attached hydrogen (secondary N) is 1. The van der Waals surface area contributed by atoms with Gasteiger partial charge in [-0.15, -0.1) is 0 Å². The molecule has 0 fully saturated rings. The molecule has 96 valence electrons. The van der Waals surface area contributed by atoms with Gasteiger partial charge in [0.1, 0.15) is 17.0 Å². The normalized spacial score (nSPS) is 11.9. The Morgan fingerprint density at radius 1 is 1.28 bits per heavy atom. The van der Waals surface area contributed by atoms with Gasteiger partial charge < -0.3 is 5.43 Å². The average molecular weight is 280 g/mol. The maximum atomic E-state index is 13.5. The Bertz CT molecular complexity index is 612. The van der Waals surface area contributed by atoms with Gasteiger partial charge in [-0.05, 0) is 18.2 Å². The molecule has 8 heteroatoms. The third kappa shape index (κ3) is 2.06. The van der Waals surface area contributed by atoms with Crippen molar-refractivity contribution < 1.29 is 17.6 Å². The largest absolute Gasteiger partial charge is 0.433 e. The zero-order chi connectivity index (χ0) is 13.5. The molecular weight excluding hydrogens is 274 g/mol. The van der Waals surface area contributed by atoms with E-state index in [-0.39, 0.29) is 16.1 Å². The van der Waals surface area contributed by atoms with E-state index in [2.05, 4.69) is 10.4 Å². The molecule has 0 aliphatic heterocycles. The Morgan fingerprint density at radius 2 is 1.94 bits per heavy atom. The molecular formula is C10H6ClF4N3. The molecule has 2 aromatic rings. The molecule has 1 aromatic carbocycles. The highest BCUT2D eigenvalue weighted by Crippen LogP contribution is 2.36. The molecule has 0 aliphatic carbocycles. The van der Waals surface area contributed by atoms with Crippen molar-refractivity contribution in [1.29, 1.82) is 0 Å². The van der Waals surface area contributed by atoms with Crippen LogP contribution in [-0.4, -0.2) is 4.98 Å². The van der Waals surface area contributed by atoms with E-state index in [9.17, 15) is 17.6 Å². The molecule has 0 unspecified atom stereocenters. The monoisotopic (exact) mass is 279 g/mol. The Morgan fingerprint density at radius 3 is 2.50 bits per heavy atom. The predicted molar refractivity (Wildman–Crippen MR) is 59.5 cm³/mol. The number of hydrazine groups is 1. The van der Waals surface area contributed by atoms with Crippen molar-refractivity contribution in [1.82, 2.24) is 4.98 Å². The van der Waals surface area contributed by atoms with Crippen molar-refractivity contribution in [2.24, 2.45) is 5.84 Å². The SMILES string of the molecule is NNc1cc(C(F)(F)F)nc2c(F)ccc(Cl)c12. The second kappa shape index (κ2) is 4.25. The highest BCUT2D eigenvalue weighted by Gasteiger charge is 2.34. The molecule has 0 radical (unpaired) electrons. The predicted octanol–water partition coefficient (Wildman–Crippen LogP) is 3.33. The van der Waals surface area contributed by atoms with Gasteiger partial charge in [0.15, 0.2) is 0 Å². The second-order valence-corrected chi connectivity index (χ2v) is 3.86. The summed E-state index contributed by atoms with van der Waals surface area (Å²) >= 11 is 5.80. The number of anilines is 1. The van der Waals surface area contributed by atoms with Crippen LogP contribution < -0.4 is 11.3 Å². The number of aromatic nitrogens is 1. The van der Waals surface area contributed by atoms with Crippen LogP contribution in [0, 0.1) is 5.82 Å². The lowest BCUT2D eigenvalue weighted by Crippen LogP contribution is -2.13. The van der Waals surface area contributed by atoms with Gasteiger partial charge in [0.25, 0.3) is 0 Å². The first-order valence-electron chi connectivity index (χ1n) is 4.67. The van der Waals surface area contributed by atoms with E-state index in [0.29, 0.717) is 6.07 Å². The molecule has 0 saturated carbocycles. The van der Waals surface area contributed by atoms with Gasteiger partial charge in [0.05, 0.1) is 10.7 Å². The van der Waals surface area contributed by atoms with Gasteiger partial charge in [-0.25, -0.2) is 9.37 Å². The number of nitrogens with two attached hydrogens (primary N) is 1. The molecule has 0 spiro atoms. The van der Waals surface area contributed by atoms with Gasteiger partial charge in [0.2, 0.25) is 0 Å². The fourth-order valence-corrected chi connectivity index (χ4v) is 1.78. The summed E-state index contributed by atoms with van der Waals surface area (Å²) in [7, 11) is 0. The van der Waals surface area contributed by atoms with Gasteiger partial charge >= 0.3 is 6.18 Å². The first kappa shape index (κ1) is 12.8. The van der Waals surface area contributed by atoms with Crippen molar-refractivity contribution in [2.45, 2.75) is 6.18 Å². The standard InChI is InChI=1S/C10H6ClF4N3/c11-4-1-2-5(12)9-8(4)6(18-16)3-7(17-9)10(13,14)15/h1-3H,16H2,(H,17,18). The highest BCUT2D eigenvalue weighted by molar-refractivity contribution is 6.36. The van der Waals surface area contributed by atoms with Crippen molar-refractivity contribution in [2.75, 3.05) is 5.43 Å². The van der Waals surface area contributed by atoms with E-state index in [1.807, 2.05) is 0 Å². The number of hydrogen-bond acceptors (Lipinski definition) is 3. The van der Waals surface area contributed by atoms with Gasteiger partial charge in [-0.1, -0.05) is 11.6 Å². The number of benzene rings is 1. The first-order valence-corrected chi connectivity index (χ1v) is 5.05. The van der Waals surface area contributed by atoms with Gasteiger partial charge in [0, 0.05) is 5.39 Å². The summed E-state index contributed by atoms with van der Waals surface area (Å²) in [6.07, 6.45) is -4.70. The van der Waals surface area contributed by atoms with E-state index >= 15 is 0 Å². The molecule has 0 aliphatic rings. The van der Waals surface area contributed by atoms with Crippen LogP contribution in [0.3, 0.4) is 0 Å². The van der Waals surface area contributed by atoms with Crippen LogP contribution in [0.1, 0.15) is 5.69 Å².